The fourth-order valence-electron chi connectivity index (χ4n) is 5.63. The van der Waals surface area contributed by atoms with Crippen LogP contribution in [-0.4, -0.2) is 53.0 Å². The topological polar surface area (TPSA) is 71.9 Å². The summed E-state index contributed by atoms with van der Waals surface area (Å²) in [6.07, 6.45) is 1.37. The summed E-state index contributed by atoms with van der Waals surface area (Å²) in [5.74, 6) is -5.92. The van der Waals surface area contributed by atoms with Crippen LogP contribution in [0.5, 0.6) is 11.5 Å². The van der Waals surface area contributed by atoms with Gasteiger partial charge in [0, 0.05) is 37.2 Å². The maximum Gasteiger partial charge on any atom is 0.422 e. The lowest BCUT2D eigenvalue weighted by molar-refractivity contribution is -0.138. The van der Waals surface area contributed by atoms with E-state index in [1.54, 1.807) is 0 Å². The second-order valence-electron chi connectivity index (χ2n) is 10.9. The molecule has 1 atom stereocenters. The van der Waals surface area contributed by atoms with Gasteiger partial charge in [-0.2, -0.15) is 13.2 Å². The average Bonchev–Trinajstić information content (AvgIpc) is 3.45. The van der Waals surface area contributed by atoms with E-state index >= 15 is 4.39 Å². The number of rotatable bonds is 7. The van der Waals surface area contributed by atoms with Gasteiger partial charge in [0.25, 0.3) is 5.92 Å². The molecule has 0 spiro atoms. The number of imidazole rings is 1. The molecule has 2 aliphatic heterocycles. The standard InChI is InChI=1S/C30H27F7N6O/c31-20-5-1-2-6-23(20)44-24-8-7-19(26(25(24)30(35,36)37)41-10-3-4-18(13-38)14-41)12-21(32)22-15-42-11-9-39-27(42)28(40-22)43-16-29(33,34)17-43/h1-2,5-9,11-12,15,18H,3-4,10,13-14,16-17,38H2/b21-12-. The Balaban J connectivity index is 1.49. The number of alkyl halides is 5. The highest BCUT2D eigenvalue weighted by Crippen LogP contribution is 2.48. The normalized spacial score (nSPS) is 18.9. The molecule has 0 radical (unpaired) electrons. The van der Waals surface area contributed by atoms with Crippen LogP contribution in [-0.2, 0) is 6.18 Å². The molecule has 2 aromatic heterocycles. The van der Waals surface area contributed by atoms with Gasteiger partial charge in [0.15, 0.2) is 28.9 Å². The largest absolute Gasteiger partial charge is 0.454 e. The third-order valence-corrected chi connectivity index (χ3v) is 7.71. The molecule has 2 aliphatic rings. The predicted molar refractivity (Wildman–Crippen MR) is 151 cm³/mol. The number of aromatic nitrogens is 3. The summed E-state index contributed by atoms with van der Waals surface area (Å²) in [4.78, 5) is 11.1. The molecule has 0 saturated carbocycles. The van der Waals surface area contributed by atoms with Gasteiger partial charge in [-0.25, -0.2) is 27.5 Å². The Morgan fingerprint density at radius 2 is 1.86 bits per heavy atom. The van der Waals surface area contributed by atoms with Crippen molar-refractivity contribution >= 4 is 29.1 Å². The highest BCUT2D eigenvalue weighted by Gasteiger charge is 2.45. The van der Waals surface area contributed by atoms with E-state index in [0.717, 1.165) is 18.2 Å². The molecular formula is C30H27F7N6O. The van der Waals surface area contributed by atoms with Crippen molar-refractivity contribution in [1.29, 1.82) is 0 Å². The number of fused-ring (bicyclic) bond motifs is 1. The number of hydrogen-bond donors (Lipinski definition) is 1. The first-order valence-corrected chi connectivity index (χ1v) is 13.9. The molecular weight excluding hydrogens is 593 g/mol. The highest BCUT2D eigenvalue weighted by molar-refractivity contribution is 5.84. The van der Waals surface area contributed by atoms with Crippen LogP contribution in [0.4, 0.5) is 42.2 Å². The first kappa shape index (κ1) is 29.7. The van der Waals surface area contributed by atoms with E-state index < -0.39 is 53.9 Å². The molecule has 4 aromatic rings. The molecule has 4 heterocycles. The van der Waals surface area contributed by atoms with Gasteiger partial charge in [0.05, 0.1) is 18.8 Å². The number of benzene rings is 2. The molecule has 2 saturated heterocycles. The van der Waals surface area contributed by atoms with Crippen molar-refractivity contribution in [2.45, 2.75) is 24.9 Å². The molecule has 1 unspecified atom stereocenters. The fourth-order valence-corrected chi connectivity index (χ4v) is 5.63. The number of anilines is 2. The molecule has 7 nitrogen and oxygen atoms in total. The van der Waals surface area contributed by atoms with Crippen LogP contribution in [0.3, 0.4) is 0 Å². The van der Waals surface area contributed by atoms with E-state index in [9.17, 15) is 26.3 Å². The van der Waals surface area contributed by atoms with Gasteiger partial charge < -0.3 is 24.7 Å². The minimum absolute atomic E-state index is 0.0219. The average molecular weight is 621 g/mol. The second-order valence-corrected chi connectivity index (χ2v) is 10.9. The lowest BCUT2D eigenvalue weighted by atomic mass is 9.95. The van der Waals surface area contributed by atoms with Gasteiger partial charge in [-0.05, 0) is 55.6 Å². The van der Waals surface area contributed by atoms with Crippen molar-refractivity contribution in [3.05, 3.63) is 77.6 Å². The van der Waals surface area contributed by atoms with Crippen LogP contribution in [0, 0.1) is 11.7 Å². The summed E-state index contributed by atoms with van der Waals surface area (Å²) in [5, 5.41) is 0. The zero-order chi connectivity index (χ0) is 31.2. The molecule has 232 valence electrons. The quantitative estimate of drug-likeness (QED) is 0.230. The highest BCUT2D eigenvalue weighted by atomic mass is 19.4. The van der Waals surface area contributed by atoms with Gasteiger partial charge in [0.2, 0.25) is 0 Å². The van der Waals surface area contributed by atoms with Crippen molar-refractivity contribution in [3.8, 4) is 11.5 Å². The number of nitrogens with two attached hydrogens (primary N) is 1. The lowest BCUT2D eigenvalue weighted by Gasteiger charge is -2.39. The molecule has 44 heavy (non-hydrogen) atoms. The van der Waals surface area contributed by atoms with Crippen LogP contribution in [0.15, 0.2) is 55.0 Å². The van der Waals surface area contributed by atoms with Crippen molar-refractivity contribution in [3.63, 3.8) is 0 Å². The maximum absolute atomic E-state index is 16.0. The van der Waals surface area contributed by atoms with Gasteiger partial charge in [0.1, 0.15) is 17.0 Å². The van der Waals surface area contributed by atoms with Gasteiger partial charge in [-0.1, -0.05) is 12.1 Å². The Hall–Kier alpha value is -4.33. The molecule has 2 N–H and O–H groups in total. The third-order valence-electron chi connectivity index (χ3n) is 7.71. The Kier molecular flexibility index (Phi) is 7.64. The molecule has 0 bridgehead atoms. The summed E-state index contributed by atoms with van der Waals surface area (Å²) < 4.78 is 109. The van der Waals surface area contributed by atoms with E-state index in [1.807, 2.05) is 0 Å². The van der Waals surface area contributed by atoms with Crippen LogP contribution >= 0.6 is 0 Å². The molecule has 0 aliphatic carbocycles. The summed E-state index contributed by atoms with van der Waals surface area (Å²) >= 11 is 0. The van der Waals surface area contributed by atoms with Gasteiger partial charge in [-0.15, -0.1) is 0 Å². The number of para-hydroxylation sites is 1. The Morgan fingerprint density at radius 3 is 2.57 bits per heavy atom. The number of hydrogen-bond acceptors (Lipinski definition) is 6. The lowest BCUT2D eigenvalue weighted by Crippen LogP contribution is -2.56. The summed E-state index contributed by atoms with van der Waals surface area (Å²) in [5.41, 5.74) is 4.15. The van der Waals surface area contributed by atoms with Crippen molar-refractivity contribution in [2.75, 3.05) is 42.5 Å². The smallest absolute Gasteiger partial charge is 0.422 e. The van der Waals surface area contributed by atoms with Gasteiger partial charge in [-0.3, -0.25) is 0 Å². The van der Waals surface area contributed by atoms with E-state index in [-0.39, 0.29) is 54.0 Å². The second kappa shape index (κ2) is 11.3. The van der Waals surface area contributed by atoms with Crippen LogP contribution in [0.1, 0.15) is 29.7 Å². The number of nitrogens with zero attached hydrogens (tertiary/aromatic N) is 5. The Morgan fingerprint density at radius 1 is 1.09 bits per heavy atom. The Labute approximate surface area is 247 Å². The maximum atomic E-state index is 16.0. The van der Waals surface area contributed by atoms with E-state index in [1.165, 1.54) is 57.1 Å². The van der Waals surface area contributed by atoms with Crippen LogP contribution in [0.25, 0.3) is 17.6 Å². The van der Waals surface area contributed by atoms with Crippen LogP contribution < -0.4 is 20.3 Å². The number of ether oxygens (including phenoxy) is 1. The van der Waals surface area contributed by atoms with Crippen molar-refractivity contribution in [1.82, 2.24) is 14.4 Å². The van der Waals surface area contributed by atoms with Crippen LogP contribution in [0.2, 0.25) is 0 Å². The summed E-state index contributed by atoms with van der Waals surface area (Å²) in [6, 6.07) is 7.35. The molecule has 0 amide bonds. The monoisotopic (exact) mass is 620 g/mol. The first-order valence-electron chi connectivity index (χ1n) is 13.9. The third kappa shape index (κ3) is 5.77. The molecule has 6 rings (SSSR count). The SMILES string of the molecule is NCC1CCCN(c2c(/C=C(\F)c3cn4ccnc4c(N4CC(F)(F)C4)n3)ccc(Oc3ccccc3F)c2C(F)(F)F)C1. The van der Waals surface area contributed by atoms with Crippen molar-refractivity contribution in [2.24, 2.45) is 11.7 Å². The van der Waals surface area contributed by atoms with E-state index in [0.29, 0.717) is 12.8 Å². The van der Waals surface area contributed by atoms with Crippen molar-refractivity contribution < 1.29 is 35.5 Å². The first-order chi connectivity index (χ1) is 20.9. The summed E-state index contributed by atoms with van der Waals surface area (Å²) in [7, 11) is 0. The number of piperidine rings is 1. The predicted octanol–water partition coefficient (Wildman–Crippen LogP) is 6.78. The fraction of sp³-hybridized carbons (Fsp3) is 0.333. The van der Waals surface area contributed by atoms with E-state index in [4.69, 9.17) is 10.5 Å². The zero-order valence-corrected chi connectivity index (χ0v) is 23.2. The minimum atomic E-state index is -4.98. The minimum Gasteiger partial charge on any atom is -0.454 e. The van der Waals surface area contributed by atoms with Gasteiger partial charge >= 0.3 is 6.18 Å². The Bertz CT molecular complexity index is 1710. The van der Waals surface area contributed by atoms with E-state index in [2.05, 4.69) is 9.97 Å². The molecule has 14 heteroatoms. The number of halogens is 7. The molecule has 2 fully saturated rings. The summed E-state index contributed by atoms with van der Waals surface area (Å²) in [6.45, 7) is -0.597. The zero-order valence-electron chi connectivity index (χ0n) is 23.2. The molecule has 2 aromatic carbocycles.